The zero-order chi connectivity index (χ0) is 13.8. The molecule has 0 aliphatic rings. The smallest absolute Gasteiger partial charge is 0.0682 e. The summed E-state index contributed by atoms with van der Waals surface area (Å²) >= 11 is 7.93. The van der Waals surface area contributed by atoms with E-state index >= 15 is 0 Å². The molecular formula is C15H17BrINS. The quantitative estimate of drug-likeness (QED) is 0.593. The van der Waals surface area contributed by atoms with E-state index in [1.165, 1.54) is 23.4 Å². The summed E-state index contributed by atoms with van der Waals surface area (Å²) in [6.45, 7) is 5.39. The van der Waals surface area contributed by atoms with Crippen LogP contribution in [0.15, 0.2) is 34.8 Å². The monoisotopic (exact) mass is 449 g/mol. The number of hydrogen-bond acceptors (Lipinski definition) is 2. The van der Waals surface area contributed by atoms with E-state index in [2.05, 4.69) is 88.0 Å². The molecular weight excluding hydrogens is 433 g/mol. The van der Waals surface area contributed by atoms with E-state index in [0.717, 1.165) is 13.0 Å². The fourth-order valence-electron chi connectivity index (χ4n) is 2.03. The van der Waals surface area contributed by atoms with Crippen LogP contribution in [0, 0.1) is 10.5 Å². The molecule has 0 spiro atoms. The molecule has 0 radical (unpaired) electrons. The number of thiophene rings is 1. The first-order valence-corrected chi connectivity index (χ1v) is 9.05. The second kappa shape index (κ2) is 7.20. The van der Waals surface area contributed by atoms with Gasteiger partial charge in [-0.1, -0.05) is 19.1 Å². The van der Waals surface area contributed by atoms with Gasteiger partial charge in [0.2, 0.25) is 0 Å². The predicted octanol–water partition coefficient (Wildman–Crippen LogP) is 5.51. The van der Waals surface area contributed by atoms with Crippen LogP contribution in [0.2, 0.25) is 0 Å². The van der Waals surface area contributed by atoms with Crippen LogP contribution in [-0.2, 0) is 0 Å². The van der Waals surface area contributed by atoms with Crippen molar-refractivity contribution in [3.05, 3.63) is 53.7 Å². The van der Waals surface area contributed by atoms with E-state index in [1.807, 2.05) is 11.3 Å². The average molecular weight is 450 g/mol. The Morgan fingerprint density at radius 1 is 1.37 bits per heavy atom. The molecule has 0 aliphatic heterocycles. The minimum Gasteiger partial charge on any atom is -0.306 e. The molecule has 1 aromatic heterocycles. The Morgan fingerprint density at radius 2 is 2.16 bits per heavy atom. The first-order valence-electron chi connectivity index (χ1n) is 6.36. The van der Waals surface area contributed by atoms with Crippen molar-refractivity contribution >= 4 is 49.9 Å². The fourth-order valence-corrected chi connectivity index (χ4v) is 4.59. The molecule has 0 amide bonds. The highest BCUT2D eigenvalue weighted by Gasteiger charge is 2.18. The van der Waals surface area contributed by atoms with Crippen LogP contribution in [0.4, 0.5) is 0 Å². The minimum absolute atomic E-state index is 0.280. The molecule has 1 atom stereocenters. The van der Waals surface area contributed by atoms with E-state index in [4.69, 9.17) is 0 Å². The third kappa shape index (κ3) is 4.03. The van der Waals surface area contributed by atoms with E-state index in [9.17, 15) is 0 Å². The maximum Gasteiger partial charge on any atom is 0.0682 e. The standard InChI is InChI=1S/C15H17BrINS/c1-3-7-18-14(11-5-4-6-12(17)9-11)15-13(16)8-10(2)19-15/h4-6,8-9,14,18H,3,7H2,1-2H3. The van der Waals surface area contributed by atoms with Crippen molar-refractivity contribution < 1.29 is 0 Å². The van der Waals surface area contributed by atoms with Crippen molar-refractivity contribution in [3.63, 3.8) is 0 Å². The second-order valence-corrected chi connectivity index (χ2v) is 7.90. The van der Waals surface area contributed by atoms with Gasteiger partial charge >= 0.3 is 0 Å². The maximum atomic E-state index is 3.69. The third-order valence-electron chi connectivity index (χ3n) is 2.88. The van der Waals surface area contributed by atoms with Crippen molar-refractivity contribution in [2.75, 3.05) is 6.54 Å². The van der Waals surface area contributed by atoms with Gasteiger partial charge in [-0.3, -0.25) is 0 Å². The largest absolute Gasteiger partial charge is 0.306 e. The lowest BCUT2D eigenvalue weighted by atomic mass is 10.1. The Morgan fingerprint density at radius 3 is 2.74 bits per heavy atom. The van der Waals surface area contributed by atoms with E-state index in [0.29, 0.717) is 0 Å². The molecule has 0 aliphatic carbocycles. The highest BCUT2D eigenvalue weighted by atomic mass is 127. The van der Waals surface area contributed by atoms with Gasteiger partial charge in [0.1, 0.15) is 0 Å². The summed E-state index contributed by atoms with van der Waals surface area (Å²) in [7, 11) is 0. The van der Waals surface area contributed by atoms with Crippen LogP contribution in [0.1, 0.15) is 34.7 Å². The van der Waals surface area contributed by atoms with Gasteiger partial charge < -0.3 is 5.32 Å². The van der Waals surface area contributed by atoms with Crippen LogP contribution in [0.25, 0.3) is 0 Å². The Kier molecular flexibility index (Phi) is 5.87. The highest BCUT2D eigenvalue weighted by Crippen LogP contribution is 2.35. The third-order valence-corrected chi connectivity index (χ3v) is 5.58. The Bertz CT molecular complexity index is 553. The van der Waals surface area contributed by atoms with Gasteiger partial charge in [0.05, 0.1) is 6.04 Å². The van der Waals surface area contributed by atoms with Crippen molar-refractivity contribution in [2.45, 2.75) is 26.3 Å². The van der Waals surface area contributed by atoms with Gasteiger partial charge in [-0.15, -0.1) is 11.3 Å². The number of halogens is 2. The van der Waals surface area contributed by atoms with Crippen LogP contribution in [0.3, 0.4) is 0 Å². The lowest BCUT2D eigenvalue weighted by Gasteiger charge is -2.19. The number of hydrogen-bond donors (Lipinski definition) is 1. The van der Waals surface area contributed by atoms with Crippen LogP contribution < -0.4 is 5.32 Å². The number of nitrogens with one attached hydrogen (secondary N) is 1. The maximum absolute atomic E-state index is 3.69. The summed E-state index contributed by atoms with van der Waals surface area (Å²) in [5, 5.41) is 3.66. The Hall–Kier alpha value is 0.0900. The molecule has 0 bridgehead atoms. The molecule has 2 aromatic rings. The fraction of sp³-hybridized carbons (Fsp3) is 0.333. The van der Waals surface area contributed by atoms with Gasteiger partial charge in [-0.2, -0.15) is 0 Å². The number of rotatable bonds is 5. The summed E-state index contributed by atoms with van der Waals surface area (Å²) in [5.74, 6) is 0. The lowest BCUT2D eigenvalue weighted by Crippen LogP contribution is -2.22. The molecule has 1 aromatic carbocycles. The van der Waals surface area contributed by atoms with E-state index < -0.39 is 0 Å². The van der Waals surface area contributed by atoms with Gasteiger partial charge in [0.25, 0.3) is 0 Å². The topological polar surface area (TPSA) is 12.0 Å². The van der Waals surface area contributed by atoms with Crippen LogP contribution >= 0.6 is 49.9 Å². The van der Waals surface area contributed by atoms with Crippen molar-refractivity contribution in [1.29, 1.82) is 0 Å². The lowest BCUT2D eigenvalue weighted by molar-refractivity contribution is 0.604. The summed E-state index contributed by atoms with van der Waals surface area (Å²) < 4.78 is 2.49. The van der Waals surface area contributed by atoms with Gasteiger partial charge in [0, 0.05) is 17.8 Å². The SMILES string of the molecule is CCCNC(c1cccc(I)c1)c1sc(C)cc1Br. The van der Waals surface area contributed by atoms with Gasteiger partial charge in [-0.05, 0) is 82.2 Å². The molecule has 2 rings (SSSR count). The average Bonchev–Trinajstić information content (AvgIpc) is 2.69. The predicted molar refractivity (Wildman–Crippen MR) is 96.1 cm³/mol. The summed E-state index contributed by atoms with van der Waals surface area (Å²) in [6.07, 6.45) is 1.14. The van der Waals surface area contributed by atoms with Crippen LogP contribution in [0.5, 0.6) is 0 Å². The summed E-state index contributed by atoms with van der Waals surface area (Å²) in [5.41, 5.74) is 1.34. The molecule has 0 saturated heterocycles. The van der Waals surface area contributed by atoms with Gasteiger partial charge in [-0.25, -0.2) is 0 Å². The van der Waals surface area contributed by atoms with Gasteiger partial charge in [0.15, 0.2) is 0 Å². The normalized spacial score (nSPS) is 12.6. The molecule has 1 unspecified atom stereocenters. The molecule has 1 N–H and O–H groups in total. The zero-order valence-electron chi connectivity index (χ0n) is 11.0. The molecule has 0 saturated carbocycles. The van der Waals surface area contributed by atoms with E-state index in [1.54, 1.807) is 0 Å². The van der Waals surface area contributed by atoms with Crippen molar-refractivity contribution in [2.24, 2.45) is 0 Å². The molecule has 0 fully saturated rings. The minimum atomic E-state index is 0.280. The molecule has 4 heteroatoms. The molecule has 19 heavy (non-hydrogen) atoms. The number of aryl methyl sites for hydroxylation is 1. The second-order valence-electron chi connectivity index (χ2n) is 4.51. The molecule has 1 heterocycles. The highest BCUT2D eigenvalue weighted by molar-refractivity contribution is 14.1. The summed E-state index contributed by atoms with van der Waals surface area (Å²) in [4.78, 5) is 2.71. The molecule has 102 valence electrons. The van der Waals surface area contributed by atoms with Crippen LogP contribution in [-0.4, -0.2) is 6.54 Å². The Balaban J connectivity index is 2.38. The van der Waals surface area contributed by atoms with E-state index in [-0.39, 0.29) is 6.04 Å². The first kappa shape index (κ1) is 15.5. The van der Waals surface area contributed by atoms with Crippen molar-refractivity contribution in [3.8, 4) is 0 Å². The first-order chi connectivity index (χ1) is 9.11. The molecule has 1 nitrogen and oxygen atoms in total. The zero-order valence-corrected chi connectivity index (χ0v) is 15.6. The Labute approximate surface area is 141 Å². The van der Waals surface area contributed by atoms with Crippen molar-refractivity contribution in [1.82, 2.24) is 5.32 Å². The number of benzene rings is 1. The summed E-state index contributed by atoms with van der Waals surface area (Å²) in [6, 6.07) is 11.2.